The van der Waals surface area contributed by atoms with Gasteiger partial charge in [0.1, 0.15) is 0 Å². The van der Waals surface area contributed by atoms with Gasteiger partial charge in [0.15, 0.2) is 0 Å². The number of unbranched alkanes of at least 4 members (excludes halogenated alkanes) is 1. The Morgan fingerprint density at radius 3 is 2.53 bits per heavy atom. The second kappa shape index (κ2) is 4.80. The minimum absolute atomic E-state index is 0.119. The summed E-state index contributed by atoms with van der Waals surface area (Å²) in [5.41, 5.74) is 2.79. The minimum atomic E-state index is -0.119. The zero-order valence-electron chi connectivity index (χ0n) is 9.45. The van der Waals surface area contributed by atoms with Crippen LogP contribution in [0.3, 0.4) is 0 Å². The van der Waals surface area contributed by atoms with Gasteiger partial charge < -0.3 is 5.11 Å². The normalized spacial score (nSPS) is 24.9. The van der Waals surface area contributed by atoms with Crippen molar-refractivity contribution in [2.45, 2.75) is 45.1 Å². The van der Waals surface area contributed by atoms with Crippen molar-refractivity contribution in [3.8, 4) is 0 Å². The van der Waals surface area contributed by atoms with Crippen LogP contribution in [0, 0.1) is 5.92 Å². The van der Waals surface area contributed by atoms with Crippen LogP contribution < -0.4 is 0 Å². The van der Waals surface area contributed by atoms with Gasteiger partial charge in [0.25, 0.3) is 0 Å². The smallest absolute Gasteiger partial charge is 0.0611 e. The Hall–Kier alpha value is -0.820. The molecule has 1 heteroatoms. The molecule has 2 unspecified atom stereocenters. The quantitative estimate of drug-likeness (QED) is 0.802. The fourth-order valence-corrected chi connectivity index (χ4v) is 2.53. The Morgan fingerprint density at radius 2 is 1.87 bits per heavy atom. The molecule has 1 aliphatic carbocycles. The molecular weight excluding hydrogens is 184 g/mol. The van der Waals surface area contributed by atoms with Gasteiger partial charge in [-0.3, -0.25) is 0 Å². The largest absolute Gasteiger partial charge is 0.392 e. The molecule has 0 radical (unpaired) electrons. The van der Waals surface area contributed by atoms with E-state index in [1.165, 1.54) is 30.4 Å². The van der Waals surface area contributed by atoms with Gasteiger partial charge in [-0.2, -0.15) is 0 Å². The molecule has 0 spiro atoms. The van der Waals surface area contributed by atoms with Gasteiger partial charge in [0.2, 0.25) is 0 Å². The second-order valence-electron chi connectivity index (χ2n) is 4.65. The first-order chi connectivity index (χ1) is 7.31. The highest BCUT2D eigenvalue weighted by Crippen LogP contribution is 2.28. The van der Waals surface area contributed by atoms with Crippen molar-refractivity contribution in [2.75, 3.05) is 0 Å². The lowest BCUT2D eigenvalue weighted by atomic mass is 9.79. The van der Waals surface area contributed by atoms with Crippen molar-refractivity contribution in [3.05, 3.63) is 35.4 Å². The molecule has 82 valence electrons. The summed E-state index contributed by atoms with van der Waals surface area (Å²) in [7, 11) is 0. The molecule has 0 aliphatic heterocycles. The third-order valence-electron chi connectivity index (χ3n) is 3.50. The number of aliphatic hydroxyl groups excluding tert-OH is 1. The van der Waals surface area contributed by atoms with Crippen LogP contribution in [0.15, 0.2) is 24.3 Å². The monoisotopic (exact) mass is 204 g/mol. The Bertz CT molecular complexity index is 319. The van der Waals surface area contributed by atoms with Gasteiger partial charge >= 0.3 is 0 Å². The van der Waals surface area contributed by atoms with E-state index in [1.807, 2.05) is 0 Å². The van der Waals surface area contributed by atoms with Crippen LogP contribution in [0.5, 0.6) is 0 Å². The molecule has 1 nitrogen and oxygen atoms in total. The average Bonchev–Trinajstić information content (AvgIpc) is 2.26. The highest BCUT2D eigenvalue weighted by molar-refractivity contribution is 5.30. The molecule has 0 amide bonds. The Labute approximate surface area is 92.1 Å². The predicted octanol–water partition coefficient (Wildman–Crippen LogP) is 2.95. The maximum absolute atomic E-state index is 10.0. The number of hydrogen-bond donors (Lipinski definition) is 1. The van der Waals surface area contributed by atoms with Crippen molar-refractivity contribution >= 4 is 0 Å². The third kappa shape index (κ3) is 2.40. The molecule has 0 heterocycles. The molecular formula is C14H20O. The molecule has 0 saturated heterocycles. The molecule has 0 fully saturated rings. The molecule has 1 N–H and O–H groups in total. The fourth-order valence-electron chi connectivity index (χ4n) is 2.53. The summed E-state index contributed by atoms with van der Waals surface area (Å²) in [4.78, 5) is 0. The lowest BCUT2D eigenvalue weighted by molar-refractivity contribution is 0.0932. The van der Waals surface area contributed by atoms with E-state index in [9.17, 15) is 5.11 Å². The Balaban J connectivity index is 2.08. The van der Waals surface area contributed by atoms with E-state index >= 15 is 0 Å². The summed E-state index contributed by atoms with van der Waals surface area (Å²) in [6.45, 7) is 2.21. The number of aliphatic hydroxyl groups is 1. The minimum Gasteiger partial charge on any atom is -0.392 e. The van der Waals surface area contributed by atoms with Crippen molar-refractivity contribution in [2.24, 2.45) is 5.92 Å². The van der Waals surface area contributed by atoms with Gasteiger partial charge in [0, 0.05) is 0 Å². The van der Waals surface area contributed by atoms with Crippen LogP contribution >= 0.6 is 0 Å². The summed E-state index contributed by atoms with van der Waals surface area (Å²) >= 11 is 0. The molecule has 0 aromatic heterocycles. The van der Waals surface area contributed by atoms with E-state index < -0.39 is 0 Å². The lowest BCUT2D eigenvalue weighted by Crippen LogP contribution is -2.29. The summed E-state index contributed by atoms with van der Waals surface area (Å²) in [5, 5.41) is 10.0. The van der Waals surface area contributed by atoms with Crippen LogP contribution in [0.1, 0.15) is 37.3 Å². The van der Waals surface area contributed by atoms with Crippen LogP contribution in [0.4, 0.5) is 0 Å². The molecule has 1 aromatic rings. The third-order valence-corrected chi connectivity index (χ3v) is 3.50. The first kappa shape index (κ1) is 10.7. The summed E-state index contributed by atoms with van der Waals surface area (Å²) in [6.07, 6.45) is 5.44. The molecule has 15 heavy (non-hydrogen) atoms. The first-order valence-corrected chi connectivity index (χ1v) is 6.06. The highest BCUT2D eigenvalue weighted by atomic mass is 16.3. The van der Waals surface area contributed by atoms with Gasteiger partial charge in [0.05, 0.1) is 6.10 Å². The van der Waals surface area contributed by atoms with Crippen LogP contribution in [0.2, 0.25) is 0 Å². The number of hydrogen-bond acceptors (Lipinski definition) is 1. The van der Waals surface area contributed by atoms with Gasteiger partial charge in [-0.05, 0) is 36.3 Å². The summed E-state index contributed by atoms with van der Waals surface area (Å²) < 4.78 is 0. The zero-order chi connectivity index (χ0) is 10.7. The Morgan fingerprint density at radius 1 is 1.20 bits per heavy atom. The van der Waals surface area contributed by atoms with Crippen molar-refractivity contribution in [1.82, 2.24) is 0 Å². The van der Waals surface area contributed by atoms with E-state index in [0.717, 1.165) is 12.8 Å². The van der Waals surface area contributed by atoms with Gasteiger partial charge in [-0.15, -0.1) is 0 Å². The van der Waals surface area contributed by atoms with E-state index in [2.05, 4.69) is 31.2 Å². The average molecular weight is 204 g/mol. The van der Waals surface area contributed by atoms with Gasteiger partial charge in [-0.1, -0.05) is 44.0 Å². The molecule has 0 saturated carbocycles. The van der Waals surface area contributed by atoms with Gasteiger partial charge in [-0.25, -0.2) is 0 Å². The van der Waals surface area contributed by atoms with Crippen LogP contribution in [-0.2, 0) is 12.8 Å². The molecule has 1 aromatic carbocycles. The molecule has 0 bridgehead atoms. The fraction of sp³-hybridized carbons (Fsp3) is 0.571. The topological polar surface area (TPSA) is 20.2 Å². The molecule has 2 atom stereocenters. The van der Waals surface area contributed by atoms with Crippen LogP contribution in [0.25, 0.3) is 0 Å². The maximum atomic E-state index is 10.0. The number of benzene rings is 1. The Kier molecular flexibility index (Phi) is 3.42. The number of rotatable bonds is 3. The highest BCUT2D eigenvalue weighted by Gasteiger charge is 2.25. The van der Waals surface area contributed by atoms with E-state index in [1.54, 1.807) is 0 Å². The summed E-state index contributed by atoms with van der Waals surface area (Å²) in [6, 6.07) is 8.53. The number of fused-ring (bicyclic) bond motifs is 1. The van der Waals surface area contributed by atoms with Crippen molar-refractivity contribution < 1.29 is 5.11 Å². The second-order valence-corrected chi connectivity index (χ2v) is 4.65. The zero-order valence-corrected chi connectivity index (χ0v) is 9.45. The SMILES string of the molecule is CCCCC1Cc2ccccc2CC1O. The lowest BCUT2D eigenvalue weighted by Gasteiger charge is -2.29. The van der Waals surface area contributed by atoms with E-state index in [0.29, 0.717) is 5.92 Å². The molecule has 1 aliphatic rings. The standard InChI is InChI=1S/C14H20O/c1-2-3-6-13-9-11-7-4-5-8-12(11)10-14(13)15/h4-5,7-8,13-15H,2-3,6,9-10H2,1H3. The van der Waals surface area contributed by atoms with Crippen molar-refractivity contribution in [1.29, 1.82) is 0 Å². The van der Waals surface area contributed by atoms with E-state index in [-0.39, 0.29) is 6.10 Å². The van der Waals surface area contributed by atoms with Crippen molar-refractivity contribution in [3.63, 3.8) is 0 Å². The molecule has 2 rings (SSSR count). The first-order valence-electron chi connectivity index (χ1n) is 6.06. The predicted molar refractivity (Wildman–Crippen MR) is 62.9 cm³/mol. The summed E-state index contributed by atoms with van der Waals surface area (Å²) in [5.74, 6) is 0.486. The maximum Gasteiger partial charge on any atom is 0.0611 e. The van der Waals surface area contributed by atoms with Crippen LogP contribution in [-0.4, -0.2) is 11.2 Å². The van der Waals surface area contributed by atoms with E-state index in [4.69, 9.17) is 0 Å².